The molecule has 0 radical (unpaired) electrons. The highest BCUT2D eigenvalue weighted by molar-refractivity contribution is 6.06. The average Bonchev–Trinajstić information content (AvgIpc) is 3.13. The quantitative estimate of drug-likeness (QED) is 0.651. The van der Waals surface area contributed by atoms with Crippen molar-refractivity contribution in [2.45, 2.75) is 77.2 Å². The standard InChI is InChI=1S/C24H34N2O4/c1-13-3-7-16(8-4-13)26-23(29)18-10-6-15(12-20(18)24(26)30)14-5-9-17-19(11-14)22(28)25(2)21(17)27/h13-20H,3-12H2,1-2H3. The summed E-state index contributed by atoms with van der Waals surface area (Å²) in [5.74, 6) is 1.04. The molecule has 4 amide bonds. The maximum absolute atomic E-state index is 13.3. The van der Waals surface area contributed by atoms with Crippen LogP contribution < -0.4 is 0 Å². The minimum Gasteiger partial charge on any atom is -0.285 e. The predicted molar refractivity (Wildman–Crippen MR) is 110 cm³/mol. The van der Waals surface area contributed by atoms with Crippen LogP contribution in [0, 0.1) is 41.4 Å². The third-order valence-electron chi connectivity index (χ3n) is 9.20. The van der Waals surface area contributed by atoms with Crippen LogP contribution in [0.2, 0.25) is 0 Å². The van der Waals surface area contributed by atoms with E-state index in [-0.39, 0.29) is 53.3 Å². The highest BCUT2D eigenvalue weighted by Gasteiger charge is 2.55. The molecule has 5 fully saturated rings. The number of rotatable bonds is 2. The summed E-state index contributed by atoms with van der Waals surface area (Å²) in [6.07, 6.45) is 9.19. The van der Waals surface area contributed by atoms with E-state index in [4.69, 9.17) is 0 Å². The summed E-state index contributed by atoms with van der Waals surface area (Å²) in [5, 5.41) is 0. The van der Waals surface area contributed by atoms with Gasteiger partial charge in [-0.2, -0.15) is 0 Å². The summed E-state index contributed by atoms with van der Waals surface area (Å²) in [6.45, 7) is 2.25. The van der Waals surface area contributed by atoms with Crippen LogP contribution in [0.1, 0.15) is 71.1 Å². The first-order valence-electron chi connectivity index (χ1n) is 12.0. The van der Waals surface area contributed by atoms with Crippen molar-refractivity contribution in [1.29, 1.82) is 0 Å². The van der Waals surface area contributed by atoms with Crippen LogP contribution in [-0.4, -0.2) is 46.5 Å². The number of nitrogens with zero attached hydrogens (tertiary/aromatic N) is 2. The van der Waals surface area contributed by atoms with Gasteiger partial charge in [0.1, 0.15) is 0 Å². The van der Waals surface area contributed by atoms with Gasteiger partial charge in [-0.05, 0) is 82.0 Å². The van der Waals surface area contributed by atoms with E-state index in [2.05, 4.69) is 6.92 Å². The predicted octanol–water partition coefficient (Wildman–Crippen LogP) is 3.00. The molecule has 2 saturated heterocycles. The molecule has 2 aliphatic heterocycles. The van der Waals surface area contributed by atoms with E-state index >= 15 is 0 Å². The lowest BCUT2D eigenvalue weighted by atomic mass is 9.64. The van der Waals surface area contributed by atoms with Gasteiger partial charge < -0.3 is 0 Å². The van der Waals surface area contributed by atoms with Crippen molar-refractivity contribution in [1.82, 2.24) is 9.80 Å². The van der Waals surface area contributed by atoms with Crippen LogP contribution in [0.3, 0.4) is 0 Å². The Labute approximate surface area is 178 Å². The van der Waals surface area contributed by atoms with Gasteiger partial charge >= 0.3 is 0 Å². The largest absolute Gasteiger partial charge is 0.285 e. The van der Waals surface area contributed by atoms with E-state index < -0.39 is 0 Å². The van der Waals surface area contributed by atoms with Crippen LogP contribution >= 0.6 is 0 Å². The second-order valence-electron chi connectivity index (χ2n) is 10.8. The van der Waals surface area contributed by atoms with Gasteiger partial charge in [-0.1, -0.05) is 6.92 Å². The van der Waals surface area contributed by atoms with Crippen LogP contribution in [0.25, 0.3) is 0 Å². The Morgan fingerprint density at radius 2 is 1.07 bits per heavy atom. The minimum absolute atomic E-state index is 0.0128. The third-order valence-corrected chi connectivity index (χ3v) is 9.20. The van der Waals surface area contributed by atoms with E-state index in [0.717, 1.165) is 64.2 Å². The van der Waals surface area contributed by atoms with Gasteiger partial charge in [0.25, 0.3) is 0 Å². The molecular weight excluding hydrogens is 380 g/mol. The normalized spacial score (nSPS) is 44.5. The molecule has 2 heterocycles. The minimum atomic E-state index is -0.166. The highest BCUT2D eigenvalue weighted by atomic mass is 16.2. The van der Waals surface area contributed by atoms with Crippen molar-refractivity contribution in [2.24, 2.45) is 41.4 Å². The molecule has 6 heteroatoms. The van der Waals surface area contributed by atoms with Crippen LogP contribution in [0.5, 0.6) is 0 Å². The molecule has 0 bridgehead atoms. The fourth-order valence-corrected chi connectivity index (χ4v) is 7.33. The number of amides is 4. The Balaban J connectivity index is 1.26. The van der Waals surface area contributed by atoms with Crippen molar-refractivity contribution in [3.8, 4) is 0 Å². The fourth-order valence-electron chi connectivity index (χ4n) is 7.33. The topological polar surface area (TPSA) is 74.8 Å². The Morgan fingerprint density at radius 3 is 1.67 bits per heavy atom. The summed E-state index contributed by atoms with van der Waals surface area (Å²) in [7, 11) is 1.60. The molecule has 0 N–H and O–H groups in total. The maximum Gasteiger partial charge on any atom is 0.233 e. The molecule has 3 saturated carbocycles. The lowest BCUT2D eigenvalue weighted by molar-refractivity contribution is -0.144. The number of carbonyl (C=O) groups is 4. The van der Waals surface area contributed by atoms with Crippen LogP contribution in [0.4, 0.5) is 0 Å². The third kappa shape index (κ3) is 3.04. The zero-order chi connectivity index (χ0) is 21.2. The van der Waals surface area contributed by atoms with Crippen molar-refractivity contribution < 1.29 is 19.2 Å². The van der Waals surface area contributed by atoms with E-state index in [1.165, 1.54) is 4.90 Å². The molecule has 5 rings (SSSR count). The number of hydrogen-bond donors (Lipinski definition) is 0. The van der Waals surface area contributed by atoms with Gasteiger partial charge in [0.15, 0.2) is 0 Å². The SMILES string of the molecule is CC1CCC(N2C(=O)C3CCC(C4CCC5C(=O)N(C)C(=O)C5C4)CC3C2=O)CC1. The molecule has 5 aliphatic rings. The first kappa shape index (κ1) is 20.2. The molecule has 6 atom stereocenters. The van der Waals surface area contributed by atoms with Crippen molar-refractivity contribution in [3.63, 3.8) is 0 Å². The molecule has 6 unspecified atom stereocenters. The Kier molecular flexibility index (Phi) is 5.02. The average molecular weight is 415 g/mol. The number of hydrogen-bond acceptors (Lipinski definition) is 4. The van der Waals surface area contributed by atoms with E-state index in [1.807, 2.05) is 0 Å². The van der Waals surface area contributed by atoms with Crippen molar-refractivity contribution in [2.75, 3.05) is 7.05 Å². The van der Waals surface area contributed by atoms with E-state index in [9.17, 15) is 19.2 Å². The lowest BCUT2D eigenvalue weighted by Crippen LogP contribution is -2.42. The molecular formula is C24H34N2O4. The van der Waals surface area contributed by atoms with Crippen molar-refractivity contribution >= 4 is 23.6 Å². The van der Waals surface area contributed by atoms with Gasteiger partial charge in [-0.3, -0.25) is 29.0 Å². The smallest absolute Gasteiger partial charge is 0.233 e. The maximum atomic E-state index is 13.3. The Morgan fingerprint density at radius 1 is 0.600 bits per heavy atom. The molecule has 3 aliphatic carbocycles. The van der Waals surface area contributed by atoms with E-state index in [1.54, 1.807) is 11.9 Å². The fraction of sp³-hybridized carbons (Fsp3) is 0.833. The monoisotopic (exact) mass is 414 g/mol. The lowest BCUT2D eigenvalue weighted by Gasteiger charge is -2.38. The number of imide groups is 2. The van der Waals surface area contributed by atoms with Gasteiger partial charge in [0.05, 0.1) is 23.7 Å². The summed E-state index contributed by atoms with van der Waals surface area (Å²) in [6, 6.07) is 0.110. The Bertz CT molecular complexity index is 771. The second-order valence-corrected chi connectivity index (χ2v) is 10.8. The molecule has 6 nitrogen and oxygen atoms in total. The van der Waals surface area contributed by atoms with Gasteiger partial charge in [0.2, 0.25) is 23.6 Å². The first-order chi connectivity index (χ1) is 14.4. The summed E-state index contributed by atoms with van der Waals surface area (Å²) in [4.78, 5) is 54.1. The Hall–Kier alpha value is -1.72. The molecule has 0 aromatic carbocycles. The van der Waals surface area contributed by atoms with Gasteiger partial charge in [-0.15, -0.1) is 0 Å². The molecule has 164 valence electrons. The zero-order valence-corrected chi connectivity index (χ0v) is 18.2. The van der Waals surface area contributed by atoms with Crippen molar-refractivity contribution in [3.05, 3.63) is 0 Å². The first-order valence-corrected chi connectivity index (χ1v) is 12.0. The molecule has 0 aromatic heterocycles. The van der Waals surface area contributed by atoms with Gasteiger partial charge in [0, 0.05) is 13.1 Å². The number of fused-ring (bicyclic) bond motifs is 2. The van der Waals surface area contributed by atoms with Gasteiger partial charge in [-0.25, -0.2) is 0 Å². The van der Waals surface area contributed by atoms with E-state index in [0.29, 0.717) is 17.8 Å². The zero-order valence-electron chi connectivity index (χ0n) is 18.2. The molecule has 0 spiro atoms. The highest BCUT2D eigenvalue weighted by Crippen LogP contribution is 2.50. The second kappa shape index (κ2) is 7.45. The molecule has 30 heavy (non-hydrogen) atoms. The van der Waals surface area contributed by atoms with Crippen LogP contribution in [0.15, 0.2) is 0 Å². The summed E-state index contributed by atoms with van der Waals surface area (Å²) >= 11 is 0. The molecule has 0 aromatic rings. The van der Waals surface area contributed by atoms with Crippen LogP contribution in [-0.2, 0) is 19.2 Å². The number of likely N-dealkylation sites (tertiary alicyclic amines) is 2. The summed E-state index contributed by atoms with van der Waals surface area (Å²) in [5.41, 5.74) is 0. The summed E-state index contributed by atoms with van der Waals surface area (Å²) < 4.78 is 0. The number of carbonyl (C=O) groups excluding carboxylic acids is 4.